The Balaban J connectivity index is 1.10. The van der Waals surface area contributed by atoms with Gasteiger partial charge in [0.15, 0.2) is 11.6 Å². The summed E-state index contributed by atoms with van der Waals surface area (Å²) in [7, 11) is 0. The van der Waals surface area contributed by atoms with E-state index in [1.165, 1.54) is 12.8 Å². The molecule has 1 atom stereocenters. The van der Waals surface area contributed by atoms with Gasteiger partial charge in [0.2, 0.25) is 17.7 Å². The maximum absolute atomic E-state index is 13.9. The first kappa shape index (κ1) is 25.1. The molecule has 3 aliphatic carbocycles. The number of hydrogen-bond acceptors (Lipinski definition) is 7. The third-order valence-corrected chi connectivity index (χ3v) is 7.76. The van der Waals surface area contributed by atoms with Crippen molar-refractivity contribution in [1.29, 1.82) is 0 Å². The summed E-state index contributed by atoms with van der Waals surface area (Å²) >= 11 is 0. The van der Waals surface area contributed by atoms with Crippen molar-refractivity contribution < 1.29 is 22.6 Å². The van der Waals surface area contributed by atoms with Crippen molar-refractivity contribution in [1.82, 2.24) is 20.3 Å². The van der Waals surface area contributed by atoms with Crippen LogP contribution in [0.2, 0.25) is 0 Å². The number of unbranched alkanes of at least 4 members (excludes halogenated alkanes) is 2. The summed E-state index contributed by atoms with van der Waals surface area (Å²) in [5.74, 6) is -0.0533. The smallest absolute Gasteiger partial charge is 0.258 e. The third-order valence-electron chi connectivity index (χ3n) is 7.76. The molecular weight excluding hydrogens is 492 g/mol. The van der Waals surface area contributed by atoms with Gasteiger partial charge in [0.1, 0.15) is 0 Å². The average molecular weight is 526 g/mol. The number of halogens is 2. The van der Waals surface area contributed by atoms with Crippen molar-refractivity contribution in [2.24, 2.45) is 11.8 Å². The second kappa shape index (κ2) is 10.5. The van der Waals surface area contributed by atoms with Crippen molar-refractivity contribution in [3.63, 3.8) is 0 Å². The zero-order chi connectivity index (χ0) is 26.1. The number of aryl methyl sites for hydroxylation is 1. The van der Waals surface area contributed by atoms with Gasteiger partial charge < -0.3 is 13.9 Å². The van der Waals surface area contributed by atoms with Gasteiger partial charge in [-0.2, -0.15) is 9.97 Å². The molecule has 3 saturated carbocycles. The molecule has 1 amide bonds. The first-order valence-corrected chi connectivity index (χ1v) is 13.9. The van der Waals surface area contributed by atoms with E-state index in [0.717, 1.165) is 49.9 Å². The Kier molecular flexibility index (Phi) is 6.97. The van der Waals surface area contributed by atoms with Gasteiger partial charge in [-0.25, -0.2) is 8.78 Å². The third kappa shape index (κ3) is 6.10. The first-order chi connectivity index (χ1) is 18.4. The number of alkyl halides is 2. The van der Waals surface area contributed by atoms with Crippen LogP contribution in [0.3, 0.4) is 0 Å². The van der Waals surface area contributed by atoms with Gasteiger partial charge in [-0.1, -0.05) is 22.8 Å². The van der Waals surface area contributed by atoms with Crippen LogP contribution < -0.4 is 4.90 Å². The van der Waals surface area contributed by atoms with E-state index in [4.69, 9.17) is 9.05 Å². The lowest BCUT2D eigenvalue weighted by Crippen LogP contribution is -2.36. The molecular formula is C28H33F2N5O3. The van der Waals surface area contributed by atoms with Gasteiger partial charge in [-0.15, -0.1) is 0 Å². The van der Waals surface area contributed by atoms with Crippen molar-refractivity contribution in [3.8, 4) is 11.5 Å². The average Bonchev–Trinajstić information content (AvgIpc) is 3.79. The molecule has 0 N–H and O–H groups in total. The molecule has 3 fully saturated rings. The lowest BCUT2D eigenvalue weighted by molar-refractivity contribution is -0.123. The summed E-state index contributed by atoms with van der Waals surface area (Å²) in [5, 5.41) is 8.16. The molecule has 202 valence electrons. The maximum Gasteiger partial charge on any atom is 0.258 e. The van der Waals surface area contributed by atoms with Gasteiger partial charge in [-0.3, -0.25) is 4.79 Å². The van der Waals surface area contributed by atoms with Gasteiger partial charge in [-0.05, 0) is 69.1 Å². The minimum Gasteiger partial charge on any atom is -0.339 e. The lowest BCUT2D eigenvalue weighted by atomic mass is 10.0. The minimum absolute atomic E-state index is 0.205. The molecule has 0 radical (unpaired) electrons. The monoisotopic (exact) mass is 525 g/mol. The molecule has 0 saturated heterocycles. The van der Waals surface area contributed by atoms with E-state index in [2.05, 4.69) is 20.3 Å². The Morgan fingerprint density at radius 1 is 1.03 bits per heavy atom. The number of benzene rings is 1. The molecule has 2 aromatic heterocycles. The molecule has 0 spiro atoms. The van der Waals surface area contributed by atoms with E-state index in [-0.39, 0.29) is 18.7 Å². The number of carbonyl (C=O) groups excluding carboxylic acids is 1. The van der Waals surface area contributed by atoms with E-state index < -0.39 is 18.3 Å². The van der Waals surface area contributed by atoms with E-state index in [9.17, 15) is 13.6 Å². The van der Waals surface area contributed by atoms with Gasteiger partial charge >= 0.3 is 0 Å². The predicted octanol–water partition coefficient (Wildman–Crippen LogP) is 6.13. The minimum atomic E-state index is -2.78. The van der Waals surface area contributed by atoms with E-state index >= 15 is 0 Å². The summed E-state index contributed by atoms with van der Waals surface area (Å²) < 4.78 is 38.7. The van der Waals surface area contributed by atoms with Crippen LogP contribution in [0.15, 0.2) is 33.3 Å². The molecule has 3 aliphatic rings. The van der Waals surface area contributed by atoms with E-state index in [1.807, 2.05) is 24.3 Å². The van der Waals surface area contributed by atoms with Crippen molar-refractivity contribution in [2.75, 3.05) is 11.4 Å². The normalized spacial score (nSPS) is 20.6. The molecule has 0 bridgehead atoms. The maximum atomic E-state index is 13.9. The highest BCUT2D eigenvalue weighted by atomic mass is 19.3. The second-order valence-corrected chi connectivity index (χ2v) is 11.1. The number of aromatic nitrogens is 4. The first-order valence-electron chi connectivity index (χ1n) is 13.9. The number of amides is 1. The Hall–Kier alpha value is -3.17. The van der Waals surface area contributed by atoms with Gasteiger partial charge in [0, 0.05) is 55.3 Å². The van der Waals surface area contributed by atoms with Crippen LogP contribution in [0.1, 0.15) is 87.7 Å². The number of rotatable bonds is 12. The van der Waals surface area contributed by atoms with Gasteiger partial charge in [0.25, 0.3) is 5.89 Å². The molecule has 6 rings (SSSR count). The summed E-state index contributed by atoms with van der Waals surface area (Å²) in [6.07, 6.45) is 8.22. The number of carbonyl (C=O) groups is 1. The molecule has 2 heterocycles. The summed E-state index contributed by atoms with van der Waals surface area (Å²) in [4.78, 5) is 24.1. The predicted molar refractivity (Wildman–Crippen MR) is 135 cm³/mol. The standard InChI is InChI=1S/C28H33F2N5O3/c29-28(30)13-12-21(17-28)27(36)35(14-3-1-2-7-24-31-23(33-37-24)15-18-8-9-18)22-6-4-5-20(16-22)26-32-25(34-38-26)19-10-11-19/h4-6,16,18-19,21H,1-3,7-15,17H2. The summed E-state index contributed by atoms with van der Waals surface area (Å²) in [6, 6.07) is 7.38. The highest BCUT2D eigenvalue weighted by Gasteiger charge is 2.44. The fourth-order valence-electron chi connectivity index (χ4n) is 5.19. The number of nitrogens with zero attached hydrogens (tertiary/aromatic N) is 5. The summed E-state index contributed by atoms with van der Waals surface area (Å²) in [5.41, 5.74) is 1.38. The highest BCUT2D eigenvalue weighted by molar-refractivity contribution is 5.95. The van der Waals surface area contributed by atoms with Crippen LogP contribution in [-0.4, -0.2) is 38.7 Å². The van der Waals surface area contributed by atoms with Gasteiger partial charge in [0.05, 0.1) is 0 Å². The zero-order valence-corrected chi connectivity index (χ0v) is 21.5. The number of hydrogen-bond donors (Lipinski definition) is 0. The summed E-state index contributed by atoms with van der Waals surface area (Å²) in [6.45, 7) is 0.443. The van der Waals surface area contributed by atoms with Crippen LogP contribution in [-0.2, 0) is 17.6 Å². The number of anilines is 1. The largest absolute Gasteiger partial charge is 0.339 e. The topological polar surface area (TPSA) is 98.2 Å². The molecule has 1 unspecified atom stereocenters. The molecule has 0 aliphatic heterocycles. The molecule has 38 heavy (non-hydrogen) atoms. The quantitative estimate of drug-likeness (QED) is 0.262. The van der Waals surface area contributed by atoms with Crippen LogP contribution in [0.25, 0.3) is 11.5 Å². The lowest BCUT2D eigenvalue weighted by Gasteiger charge is -2.26. The SMILES string of the molecule is O=C(C1CCC(F)(F)C1)N(CCCCCc1nc(CC2CC2)no1)c1cccc(-c2nc(C3CC3)no2)c1. The van der Waals surface area contributed by atoms with Crippen LogP contribution in [0.5, 0.6) is 0 Å². The van der Waals surface area contributed by atoms with E-state index in [1.54, 1.807) is 4.90 Å². The molecule has 10 heteroatoms. The molecule has 1 aromatic carbocycles. The fraction of sp³-hybridized carbons (Fsp3) is 0.607. The Bertz CT molecular complexity index is 1270. The Labute approximate surface area is 220 Å². The van der Waals surface area contributed by atoms with E-state index in [0.29, 0.717) is 48.1 Å². The van der Waals surface area contributed by atoms with Crippen LogP contribution >= 0.6 is 0 Å². The highest BCUT2D eigenvalue weighted by Crippen LogP contribution is 2.41. The van der Waals surface area contributed by atoms with Crippen LogP contribution in [0.4, 0.5) is 14.5 Å². The fourth-order valence-corrected chi connectivity index (χ4v) is 5.19. The van der Waals surface area contributed by atoms with Crippen molar-refractivity contribution in [2.45, 2.75) is 88.9 Å². The van der Waals surface area contributed by atoms with Crippen LogP contribution in [0, 0.1) is 11.8 Å². The molecule has 8 nitrogen and oxygen atoms in total. The zero-order valence-electron chi connectivity index (χ0n) is 21.5. The Morgan fingerprint density at radius 3 is 2.66 bits per heavy atom. The Morgan fingerprint density at radius 2 is 1.89 bits per heavy atom. The van der Waals surface area contributed by atoms with Crippen molar-refractivity contribution in [3.05, 3.63) is 41.8 Å². The second-order valence-electron chi connectivity index (χ2n) is 11.1. The molecule has 3 aromatic rings. The van der Waals surface area contributed by atoms with Crippen molar-refractivity contribution >= 4 is 11.6 Å².